The van der Waals surface area contributed by atoms with Crippen molar-refractivity contribution in [3.63, 3.8) is 0 Å². The molecule has 0 spiro atoms. The molecule has 30 heavy (non-hydrogen) atoms. The molecule has 1 amide bonds. The van der Waals surface area contributed by atoms with Crippen molar-refractivity contribution in [3.8, 4) is 0 Å². The molecule has 0 unspecified atom stereocenters. The van der Waals surface area contributed by atoms with E-state index in [1.54, 1.807) is 16.4 Å². The minimum absolute atomic E-state index is 0.241. The number of anilines is 1. The molecule has 1 aromatic carbocycles. The molecule has 1 saturated heterocycles. The summed E-state index contributed by atoms with van der Waals surface area (Å²) in [5, 5.41) is 3.47. The van der Waals surface area contributed by atoms with Gasteiger partial charge in [-0.25, -0.2) is 13.4 Å². The van der Waals surface area contributed by atoms with E-state index in [0.717, 1.165) is 57.4 Å². The number of thiazole rings is 1. The van der Waals surface area contributed by atoms with Gasteiger partial charge in [0.2, 0.25) is 10.0 Å². The predicted octanol–water partition coefficient (Wildman–Crippen LogP) is 3.34. The van der Waals surface area contributed by atoms with Gasteiger partial charge in [0.15, 0.2) is 5.13 Å². The average Bonchev–Trinajstić information content (AvgIpc) is 2.95. The van der Waals surface area contributed by atoms with Crippen LogP contribution in [0.15, 0.2) is 29.2 Å². The van der Waals surface area contributed by atoms with Crippen molar-refractivity contribution in [2.45, 2.75) is 50.5 Å². The van der Waals surface area contributed by atoms with Crippen LogP contribution in [0, 0.1) is 0 Å². The average molecular weight is 449 g/mol. The van der Waals surface area contributed by atoms with E-state index >= 15 is 0 Å². The maximum absolute atomic E-state index is 12.9. The van der Waals surface area contributed by atoms with E-state index in [-0.39, 0.29) is 10.8 Å². The third kappa shape index (κ3) is 4.59. The number of hydrogen-bond acceptors (Lipinski definition) is 6. The van der Waals surface area contributed by atoms with Gasteiger partial charge in [0.05, 0.1) is 10.6 Å². The number of amides is 1. The van der Waals surface area contributed by atoms with Gasteiger partial charge in [0.1, 0.15) is 0 Å². The molecule has 0 radical (unpaired) electrons. The highest BCUT2D eigenvalue weighted by atomic mass is 32.2. The second-order valence-corrected chi connectivity index (χ2v) is 10.8. The number of benzene rings is 1. The molecule has 0 aliphatic carbocycles. The molecule has 1 fully saturated rings. The first-order valence-corrected chi connectivity index (χ1v) is 12.9. The summed E-state index contributed by atoms with van der Waals surface area (Å²) in [7, 11) is -3.51. The van der Waals surface area contributed by atoms with Crippen LogP contribution in [0.25, 0.3) is 0 Å². The molecule has 2 aromatic rings. The lowest BCUT2D eigenvalue weighted by molar-refractivity contribution is 0.102. The second-order valence-electron chi connectivity index (χ2n) is 7.80. The standard InChI is InChI=1S/C21H28N4O3S2/c1-2-24-14-11-18-19(15-24)29-21(22-18)23-20(26)16-7-9-17(10-8-16)30(27,28)25-12-5-3-4-6-13-25/h7-10H,2-6,11-15H2,1H3,(H,22,23,26). The van der Waals surface area contributed by atoms with Crippen LogP contribution >= 0.6 is 11.3 Å². The van der Waals surface area contributed by atoms with Crippen molar-refractivity contribution in [3.05, 3.63) is 40.4 Å². The van der Waals surface area contributed by atoms with Gasteiger partial charge in [-0.15, -0.1) is 11.3 Å². The zero-order chi connectivity index (χ0) is 21.1. The van der Waals surface area contributed by atoms with E-state index < -0.39 is 10.0 Å². The lowest BCUT2D eigenvalue weighted by atomic mass is 10.2. The summed E-state index contributed by atoms with van der Waals surface area (Å²) in [6.07, 6.45) is 4.84. The Morgan fingerprint density at radius 2 is 1.80 bits per heavy atom. The highest BCUT2D eigenvalue weighted by molar-refractivity contribution is 7.89. The summed E-state index contributed by atoms with van der Waals surface area (Å²) in [6, 6.07) is 6.21. The molecule has 4 rings (SSSR count). The first-order valence-electron chi connectivity index (χ1n) is 10.6. The molecular formula is C21H28N4O3S2. The number of sulfonamides is 1. The fourth-order valence-corrected chi connectivity index (χ4v) is 6.51. The molecule has 2 aliphatic rings. The van der Waals surface area contributed by atoms with Gasteiger partial charge in [-0.05, 0) is 43.7 Å². The number of fused-ring (bicyclic) bond motifs is 1. The van der Waals surface area contributed by atoms with Crippen LogP contribution in [0.3, 0.4) is 0 Å². The number of hydrogen-bond donors (Lipinski definition) is 1. The van der Waals surface area contributed by atoms with Crippen LogP contribution in [-0.4, -0.2) is 54.7 Å². The van der Waals surface area contributed by atoms with Crippen molar-refractivity contribution in [1.82, 2.24) is 14.2 Å². The lowest BCUT2D eigenvalue weighted by Crippen LogP contribution is -2.31. The Bertz CT molecular complexity index is 994. The zero-order valence-corrected chi connectivity index (χ0v) is 18.9. The third-order valence-electron chi connectivity index (χ3n) is 5.80. The highest BCUT2D eigenvalue weighted by Gasteiger charge is 2.25. The molecule has 7 nitrogen and oxygen atoms in total. The number of aromatic nitrogens is 1. The van der Waals surface area contributed by atoms with Gasteiger partial charge in [0, 0.05) is 43.0 Å². The molecule has 0 atom stereocenters. The van der Waals surface area contributed by atoms with Crippen LogP contribution in [0.4, 0.5) is 5.13 Å². The van der Waals surface area contributed by atoms with E-state index in [0.29, 0.717) is 23.8 Å². The van der Waals surface area contributed by atoms with Crippen LogP contribution in [0.1, 0.15) is 53.5 Å². The Morgan fingerprint density at radius 1 is 1.10 bits per heavy atom. The van der Waals surface area contributed by atoms with E-state index in [1.807, 2.05) is 0 Å². The highest BCUT2D eigenvalue weighted by Crippen LogP contribution is 2.28. The second kappa shape index (κ2) is 9.13. The number of carbonyl (C=O) groups is 1. The normalized spacial score (nSPS) is 18.6. The van der Waals surface area contributed by atoms with Crippen molar-refractivity contribution in [1.29, 1.82) is 0 Å². The summed E-state index contributed by atoms with van der Waals surface area (Å²) in [6.45, 7) is 6.15. The minimum atomic E-state index is -3.51. The summed E-state index contributed by atoms with van der Waals surface area (Å²) < 4.78 is 27.3. The molecule has 3 heterocycles. The molecule has 162 valence electrons. The zero-order valence-electron chi connectivity index (χ0n) is 17.3. The van der Waals surface area contributed by atoms with Gasteiger partial charge in [0.25, 0.3) is 5.91 Å². The number of carbonyl (C=O) groups excluding carboxylic acids is 1. The Balaban J connectivity index is 1.44. The minimum Gasteiger partial charge on any atom is -0.298 e. The van der Waals surface area contributed by atoms with E-state index in [2.05, 4.69) is 22.1 Å². The van der Waals surface area contributed by atoms with E-state index in [4.69, 9.17) is 0 Å². The van der Waals surface area contributed by atoms with Crippen molar-refractivity contribution < 1.29 is 13.2 Å². The van der Waals surface area contributed by atoms with Crippen molar-refractivity contribution >= 4 is 32.4 Å². The molecule has 9 heteroatoms. The summed E-state index contributed by atoms with van der Waals surface area (Å²) in [4.78, 5) is 21.0. The number of likely N-dealkylation sites (N-methyl/N-ethyl adjacent to an activating group) is 1. The molecule has 0 saturated carbocycles. The quantitative estimate of drug-likeness (QED) is 0.759. The van der Waals surface area contributed by atoms with Crippen LogP contribution < -0.4 is 5.32 Å². The Morgan fingerprint density at radius 3 is 2.47 bits per heavy atom. The van der Waals surface area contributed by atoms with Gasteiger partial charge in [-0.1, -0.05) is 19.8 Å². The largest absolute Gasteiger partial charge is 0.298 e. The predicted molar refractivity (Wildman–Crippen MR) is 118 cm³/mol. The first kappa shape index (κ1) is 21.4. The maximum atomic E-state index is 12.9. The Kier molecular flexibility index (Phi) is 6.52. The van der Waals surface area contributed by atoms with Gasteiger partial charge < -0.3 is 0 Å². The Hall–Kier alpha value is -1.81. The number of nitrogens with zero attached hydrogens (tertiary/aromatic N) is 3. The number of rotatable bonds is 5. The summed E-state index contributed by atoms with van der Waals surface area (Å²) >= 11 is 1.52. The molecule has 1 aromatic heterocycles. The van der Waals surface area contributed by atoms with Crippen LogP contribution in [-0.2, 0) is 23.0 Å². The molecular weight excluding hydrogens is 420 g/mol. The fraction of sp³-hybridized carbons (Fsp3) is 0.524. The molecule has 2 aliphatic heterocycles. The molecule has 0 bridgehead atoms. The third-order valence-corrected chi connectivity index (χ3v) is 8.71. The first-order chi connectivity index (χ1) is 14.5. The van der Waals surface area contributed by atoms with Gasteiger partial charge in [-0.3, -0.25) is 15.0 Å². The van der Waals surface area contributed by atoms with Gasteiger partial charge >= 0.3 is 0 Å². The van der Waals surface area contributed by atoms with Crippen LogP contribution in [0.2, 0.25) is 0 Å². The van der Waals surface area contributed by atoms with E-state index in [1.165, 1.54) is 28.3 Å². The summed E-state index contributed by atoms with van der Waals surface area (Å²) in [5.41, 5.74) is 1.49. The van der Waals surface area contributed by atoms with Crippen molar-refractivity contribution in [2.24, 2.45) is 0 Å². The maximum Gasteiger partial charge on any atom is 0.257 e. The van der Waals surface area contributed by atoms with E-state index in [9.17, 15) is 13.2 Å². The fourth-order valence-electron chi connectivity index (χ4n) is 3.95. The van der Waals surface area contributed by atoms with Crippen molar-refractivity contribution in [2.75, 3.05) is 31.5 Å². The summed E-state index contributed by atoms with van der Waals surface area (Å²) in [5.74, 6) is -0.271. The smallest absolute Gasteiger partial charge is 0.257 e. The van der Waals surface area contributed by atoms with Gasteiger partial charge in [-0.2, -0.15) is 4.31 Å². The topological polar surface area (TPSA) is 82.6 Å². The number of nitrogens with one attached hydrogen (secondary N) is 1. The monoisotopic (exact) mass is 448 g/mol. The van der Waals surface area contributed by atoms with Crippen LogP contribution in [0.5, 0.6) is 0 Å². The molecule has 1 N–H and O–H groups in total. The Labute approximate surface area is 182 Å². The lowest BCUT2D eigenvalue weighted by Gasteiger charge is -2.23. The SMILES string of the molecule is CCN1CCc2nc(NC(=O)c3ccc(S(=O)(=O)N4CCCCCC4)cc3)sc2C1.